The fourth-order valence-electron chi connectivity index (χ4n) is 4.13. The summed E-state index contributed by atoms with van der Waals surface area (Å²) < 4.78 is 22.8. The van der Waals surface area contributed by atoms with Gasteiger partial charge in [0.05, 0.1) is 6.54 Å². The molecule has 0 spiro atoms. The Bertz CT molecular complexity index is 1370. The Labute approximate surface area is 222 Å². The molecule has 0 radical (unpaired) electrons. The summed E-state index contributed by atoms with van der Waals surface area (Å²) in [5.41, 5.74) is 2.41. The topological polar surface area (TPSA) is 86.1 Å². The summed E-state index contributed by atoms with van der Waals surface area (Å²) in [7, 11) is 0. The van der Waals surface area contributed by atoms with Crippen LogP contribution in [0.25, 0.3) is 0 Å². The molecule has 1 aromatic heterocycles. The van der Waals surface area contributed by atoms with Gasteiger partial charge in [0.15, 0.2) is 17.2 Å². The number of hydrogen-bond acceptors (Lipinski definition) is 7. The van der Waals surface area contributed by atoms with Crippen LogP contribution < -0.4 is 19.5 Å². The van der Waals surface area contributed by atoms with E-state index in [0.717, 1.165) is 40.5 Å². The number of para-hydroxylation sites is 1. The first-order chi connectivity index (χ1) is 18.6. The van der Waals surface area contributed by atoms with Gasteiger partial charge < -0.3 is 23.9 Å². The molecular weight excluding hydrogens is 482 g/mol. The van der Waals surface area contributed by atoms with Crippen molar-refractivity contribution in [2.45, 2.75) is 45.9 Å². The smallest absolute Gasteiger partial charge is 0.273 e. The Morgan fingerprint density at radius 1 is 0.947 bits per heavy atom. The quantitative estimate of drug-likeness (QED) is 0.266. The molecule has 2 heterocycles. The number of nitrogens with zero attached hydrogens (tertiary/aromatic N) is 2. The van der Waals surface area contributed by atoms with E-state index in [1.54, 1.807) is 0 Å². The van der Waals surface area contributed by atoms with Crippen molar-refractivity contribution in [3.8, 4) is 23.0 Å². The minimum atomic E-state index is -0.234. The molecule has 1 aliphatic heterocycles. The molecule has 1 N–H and O–H groups in total. The average molecular weight is 514 g/mol. The molecule has 1 aliphatic rings. The lowest BCUT2D eigenvalue weighted by Crippen LogP contribution is -2.32. The molecule has 0 unspecified atom stereocenters. The van der Waals surface area contributed by atoms with Crippen LogP contribution >= 0.6 is 0 Å². The van der Waals surface area contributed by atoms with E-state index < -0.39 is 0 Å². The Morgan fingerprint density at radius 3 is 2.53 bits per heavy atom. The van der Waals surface area contributed by atoms with Gasteiger partial charge in [0.1, 0.15) is 17.8 Å². The average Bonchev–Trinajstić information content (AvgIpc) is 3.59. The molecule has 5 rings (SSSR count). The van der Waals surface area contributed by atoms with Crippen molar-refractivity contribution in [1.29, 1.82) is 0 Å². The van der Waals surface area contributed by atoms with Crippen LogP contribution in [0.1, 0.15) is 47.8 Å². The van der Waals surface area contributed by atoms with Gasteiger partial charge in [-0.3, -0.25) is 9.69 Å². The summed E-state index contributed by atoms with van der Waals surface area (Å²) >= 11 is 0. The van der Waals surface area contributed by atoms with Gasteiger partial charge in [-0.1, -0.05) is 43.3 Å². The normalized spacial score (nSPS) is 12.9. The van der Waals surface area contributed by atoms with Crippen LogP contribution in [0.5, 0.6) is 23.0 Å². The summed E-state index contributed by atoms with van der Waals surface area (Å²) in [5, 5.41) is 2.93. The van der Waals surface area contributed by atoms with Gasteiger partial charge in [-0.15, -0.1) is 0 Å². The summed E-state index contributed by atoms with van der Waals surface area (Å²) in [6.45, 7) is 5.84. The molecule has 0 saturated heterocycles. The van der Waals surface area contributed by atoms with E-state index in [1.807, 2.05) is 80.6 Å². The molecule has 4 aromatic rings. The molecule has 8 nitrogen and oxygen atoms in total. The number of hydrogen-bond donors (Lipinski definition) is 1. The van der Waals surface area contributed by atoms with Gasteiger partial charge in [-0.25, -0.2) is 4.98 Å². The number of oxazole rings is 1. The van der Waals surface area contributed by atoms with E-state index in [4.69, 9.17) is 18.6 Å². The second-order valence-electron chi connectivity index (χ2n) is 9.30. The number of benzene rings is 3. The summed E-state index contributed by atoms with van der Waals surface area (Å²) in [6, 6.07) is 23.7. The summed E-state index contributed by atoms with van der Waals surface area (Å²) in [6.07, 6.45) is 2.26. The fraction of sp³-hybridized carbons (Fsp3) is 0.267. The highest BCUT2D eigenvalue weighted by Gasteiger charge is 2.19. The monoisotopic (exact) mass is 513 g/mol. The third-order valence-electron chi connectivity index (χ3n) is 6.26. The van der Waals surface area contributed by atoms with Crippen LogP contribution in [0.4, 0.5) is 0 Å². The Morgan fingerprint density at radius 2 is 1.71 bits per heavy atom. The minimum Gasteiger partial charge on any atom is -0.457 e. The largest absolute Gasteiger partial charge is 0.457 e. The third-order valence-corrected chi connectivity index (χ3v) is 6.26. The lowest BCUT2D eigenvalue weighted by atomic mass is 10.1. The number of fused-ring (bicyclic) bond motifs is 1. The van der Waals surface area contributed by atoms with Crippen LogP contribution in [0.2, 0.25) is 0 Å². The number of rotatable bonds is 11. The van der Waals surface area contributed by atoms with Crippen molar-refractivity contribution >= 4 is 5.91 Å². The zero-order chi connectivity index (χ0) is 26.3. The Hall–Kier alpha value is -4.30. The number of amides is 1. The standard InChI is InChI=1S/C30H31N3O5/c1-3-21(2)31-30(34)26-19-35-29(32-26)18-33(17-23-12-13-27-28(15-23)37-20-36-27)16-22-8-7-11-25(14-22)38-24-9-5-4-6-10-24/h4-15,19,21H,3,16-18,20H2,1-2H3,(H,31,34)/t21-/m1/s1. The van der Waals surface area contributed by atoms with Crippen molar-refractivity contribution in [3.05, 3.63) is 102 Å². The highest BCUT2D eigenvalue weighted by atomic mass is 16.7. The fourth-order valence-corrected chi connectivity index (χ4v) is 4.13. The van der Waals surface area contributed by atoms with Gasteiger partial charge in [0, 0.05) is 19.1 Å². The van der Waals surface area contributed by atoms with Crippen LogP contribution in [-0.2, 0) is 19.6 Å². The molecule has 0 aliphatic carbocycles. The number of carbonyl (C=O) groups excluding carboxylic acids is 1. The first kappa shape index (κ1) is 25.4. The molecule has 3 aromatic carbocycles. The second kappa shape index (κ2) is 11.8. The van der Waals surface area contributed by atoms with Crippen LogP contribution in [0, 0.1) is 0 Å². The molecule has 1 amide bonds. The lowest BCUT2D eigenvalue weighted by Gasteiger charge is -2.21. The second-order valence-corrected chi connectivity index (χ2v) is 9.30. The molecule has 196 valence electrons. The summed E-state index contributed by atoms with van der Waals surface area (Å²) in [4.78, 5) is 19.2. The van der Waals surface area contributed by atoms with E-state index >= 15 is 0 Å². The first-order valence-corrected chi connectivity index (χ1v) is 12.7. The SMILES string of the molecule is CC[C@@H](C)NC(=O)c1coc(CN(Cc2cccc(Oc3ccccc3)c2)Cc2ccc3c(c2)OCO3)n1. The minimum absolute atomic E-state index is 0.0653. The Balaban J connectivity index is 1.34. The van der Waals surface area contributed by atoms with Crippen molar-refractivity contribution in [2.75, 3.05) is 6.79 Å². The zero-order valence-electron chi connectivity index (χ0n) is 21.6. The van der Waals surface area contributed by atoms with Gasteiger partial charge >= 0.3 is 0 Å². The molecule has 0 bridgehead atoms. The van der Waals surface area contributed by atoms with Gasteiger partial charge in [0.2, 0.25) is 12.7 Å². The summed E-state index contributed by atoms with van der Waals surface area (Å²) in [5.74, 6) is 3.26. The van der Waals surface area contributed by atoms with Crippen molar-refractivity contribution in [1.82, 2.24) is 15.2 Å². The molecule has 0 saturated carbocycles. The van der Waals surface area contributed by atoms with E-state index in [1.165, 1.54) is 6.26 Å². The van der Waals surface area contributed by atoms with E-state index in [2.05, 4.69) is 21.3 Å². The number of aromatic nitrogens is 1. The maximum absolute atomic E-state index is 12.5. The number of carbonyl (C=O) groups is 1. The zero-order valence-corrected chi connectivity index (χ0v) is 21.6. The van der Waals surface area contributed by atoms with Crippen molar-refractivity contribution in [2.24, 2.45) is 0 Å². The van der Waals surface area contributed by atoms with Crippen molar-refractivity contribution in [3.63, 3.8) is 0 Å². The number of nitrogens with one attached hydrogen (secondary N) is 1. The molecule has 8 heteroatoms. The van der Waals surface area contributed by atoms with E-state index in [0.29, 0.717) is 25.5 Å². The van der Waals surface area contributed by atoms with Gasteiger partial charge in [0.25, 0.3) is 5.91 Å². The third kappa shape index (κ3) is 6.52. The maximum atomic E-state index is 12.5. The maximum Gasteiger partial charge on any atom is 0.273 e. The number of ether oxygens (including phenoxy) is 3. The highest BCUT2D eigenvalue weighted by molar-refractivity contribution is 5.92. The molecular formula is C30H31N3O5. The van der Waals surface area contributed by atoms with E-state index in [-0.39, 0.29) is 24.4 Å². The Kier molecular flexibility index (Phi) is 7.89. The van der Waals surface area contributed by atoms with Gasteiger partial charge in [-0.05, 0) is 60.9 Å². The van der Waals surface area contributed by atoms with Crippen LogP contribution in [0.15, 0.2) is 83.5 Å². The predicted octanol–water partition coefficient (Wildman–Crippen LogP) is 5.93. The van der Waals surface area contributed by atoms with Gasteiger partial charge in [-0.2, -0.15) is 0 Å². The van der Waals surface area contributed by atoms with Crippen molar-refractivity contribution < 1.29 is 23.4 Å². The van der Waals surface area contributed by atoms with Crippen LogP contribution in [-0.4, -0.2) is 28.6 Å². The predicted molar refractivity (Wildman–Crippen MR) is 142 cm³/mol. The highest BCUT2D eigenvalue weighted by Crippen LogP contribution is 2.33. The first-order valence-electron chi connectivity index (χ1n) is 12.7. The lowest BCUT2D eigenvalue weighted by molar-refractivity contribution is 0.0934. The molecule has 38 heavy (non-hydrogen) atoms. The van der Waals surface area contributed by atoms with E-state index in [9.17, 15) is 4.79 Å². The molecule has 0 fully saturated rings. The molecule has 1 atom stereocenters. The van der Waals surface area contributed by atoms with Crippen LogP contribution in [0.3, 0.4) is 0 Å².